The van der Waals surface area contributed by atoms with Gasteiger partial charge in [0.15, 0.2) is 11.6 Å². The molecule has 184 valence electrons. The molecule has 5 heterocycles. The van der Waals surface area contributed by atoms with Gasteiger partial charge in [-0.15, -0.1) is 11.3 Å². The maximum atomic E-state index is 11.8. The van der Waals surface area contributed by atoms with E-state index in [4.69, 9.17) is 14.7 Å². The highest BCUT2D eigenvalue weighted by Crippen LogP contribution is 2.36. The van der Waals surface area contributed by atoms with Gasteiger partial charge in [-0.25, -0.2) is 18.4 Å². The first-order chi connectivity index (χ1) is 17.0. The molecule has 6 rings (SSSR count). The summed E-state index contributed by atoms with van der Waals surface area (Å²) in [6.07, 6.45) is 9.15. The molecule has 10 nitrogen and oxygen atoms in total. The second-order valence-electron chi connectivity index (χ2n) is 9.08. The number of aromatic nitrogens is 2. The number of anilines is 1. The van der Waals surface area contributed by atoms with Gasteiger partial charge in [0.1, 0.15) is 0 Å². The second-order valence-corrected chi connectivity index (χ2v) is 12.2. The molecule has 0 amide bonds. The van der Waals surface area contributed by atoms with E-state index in [0.29, 0.717) is 32.1 Å². The lowest BCUT2D eigenvalue weighted by Crippen LogP contribution is -2.47. The summed E-state index contributed by atoms with van der Waals surface area (Å²) < 4.78 is 31.9. The monoisotopic (exact) mass is 513 g/mol. The molecule has 12 heteroatoms. The smallest absolute Gasteiger partial charge is 0.211 e. The number of sulfonamides is 1. The lowest BCUT2D eigenvalue weighted by Gasteiger charge is -2.32. The fraction of sp³-hybridized carbons (Fsp3) is 0.478. The third-order valence-corrected chi connectivity index (χ3v) is 9.15. The van der Waals surface area contributed by atoms with Crippen molar-refractivity contribution in [1.29, 1.82) is 0 Å². The summed E-state index contributed by atoms with van der Waals surface area (Å²) in [6.45, 7) is 6.22. The fourth-order valence-corrected chi connectivity index (χ4v) is 6.83. The van der Waals surface area contributed by atoms with Crippen molar-refractivity contribution in [1.82, 2.24) is 19.2 Å². The Morgan fingerprint density at radius 1 is 1.11 bits per heavy atom. The maximum absolute atomic E-state index is 11.8. The van der Waals surface area contributed by atoms with Crippen LogP contribution < -0.4 is 4.90 Å². The molecule has 0 radical (unpaired) electrons. The summed E-state index contributed by atoms with van der Waals surface area (Å²) in [5.41, 5.74) is 2.86. The normalized spacial score (nSPS) is 23.6. The Hall–Kier alpha value is -2.51. The zero-order chi connectivity index (χ0) is 24.0. The molecule has 1 atom stereocenters. The van der Waals surface area contributed by atoms with Crippen LogP contribution in [0, 0.1) is 5.92 Å². The number of ether oxygens (including phenoxy) is 1. The van der Waals surface area contributed by atoms with Crippen molar-refractivity contribution in [2.45, 2.75) is 6.54 Å². The van der Waals surface area contributed by atoms with Gasteiger partial charge in [0.25, 0.3) is 0 Å². The highest BCUT2D eigenvalue weighted by Gasteiger charge is 2.29. The Morgan fingerprint density at radius 3 is 2.69 bits per heavy atom. The predicted molar refractivity (Wildman–Crippen MR) is 139 cm³/mol. The van der Waals surface area contributed by atoms with Crippen LogP contribution in [0.1, 0.15) is 10.7 Å². The predicted octanol–water partition coefficient (Wildman–Crippen LogP) is 1.61. The van der Waals surface area contributed by atoms with E-state index in [1.807, 2.05) is 18.4 Å². The molecule has 0 aromatic carbocycles. The molecule has 0 spiro atoms. The van der Waals surface area contributed by atoms with Crippen LogP contribution in [0.3, 0.4) is 0 Å². The van der Waals surface area contributed by atoms with E-state index in [2.05, 4.69) is 32.1 Å². The van der Waals surface area contributed by atoms with E-state index in [1.54, 1.807) is 15.6 Å². The fourth-order valence-electron chi connectivity index (χ4n) is 4.85. The van der Waals surface area contributed by atoms with Gasteiger partial charge in [-0.2, -0.15) is 14.5 Å². The molecular formula is C23H27N7O3S2. The minimum absolute atomic E-state index is 0.0146. The number of rotatable bonds is 5. The quantitative estimate of drug-likeness (QED) is 0.598. The summed E-state index contributed by atoms with van der Waals surface area (Å²) in [5.74, 6) is 1.65. The summed E-state index contributed by atoms with van der Waals surface area (Å²) in [6, 6.07) is 2.16. The van der Waals surface area contributed by atoms with Crippen LogP contribution in [0.5, 0.6) is 0 Å². The molecule has 2 saturated heterocycles. The van der Waals surface area contributed by atoms with E-state index < -0.39 is 10.0 Å². The number of piperazine rings is 1. The lowest BCUT2D eigenvalue weighted by molar-refractivity contribution is 0.122. The van der Waals surface area contributed by atoms with Crippen LogP contribution in [0.2, 0.25) is 0 Å². The number of allylic oxidation sites excluding steroid dienone is 4. The molecular weight excluding hydrogens is 486 g/mol. The minimum Gasteiger partial charge on any atom is -0.378 e. The van der Waals surface area contributed by atoms with Crippen molar-refractivity contribution < 1.29 is 13.2 Å². The van der Waals surface area contributed by atoms with E-state index >= 15 is 0 Å². The first kappa shape index (κ1) is 22.9. The van der Waals surface area contributed by atoms with Crippen molar-refractivity contribution >= 4 is 54.9 Å². The molecule has 1 aliphatic carbocycles. The topological polar surface area (TPSA) is 104 Å². The van der Waals surface area contributed by atoms with Gasteiger partial charge in [-0.3, -0.25) is 4.90 Å². The van der Waals surface area contributed by atoms with Gasteiger partial charge in [-0.1, -0.05) is 12.2 Å². The van der Waals surface area contributed by atoms with Crippen LogP contribution >= 0.6 is 11.3 Å². The Balaban J connectivity index is 1.32. The Labute approximate surface area is 208 Å². The van der Waals surface area contributed by atoms with Crippen molar-refractivity contribution in [3.05, 3.63) is 35.0 Å². The van der Waals surface area contributed by atoms with E-state index in [-0.39, 0.29) is 5.92 Å². The van der Waals surface area contributed by atoms with E-state index in [1.165, 1.54) is 11.1 Å². The van der Waals surface area contributed by atoms with Gasteiger partial charge >= 0.3 is 0 Å². The molecule has 35 heavy (non-hydrogen) atoms. The minimum atomic E-state index is -3.14. The lowest BCUT2D eigenvalue weighted by atomic mass is 9.90. The molecule has 0 saturated carbocycles. The van der Waals surface area contributed by atoms with Gasteiger partial charge in [0, 0.05) is 62.5 Å². The zero-order valence-electron chi connectivity index (χ0n) is 19.5. The van der Waals surface area contributed by atoms with Crippen LogP contribution in [0.15, 0.2) is 34.5 Å². The third-order valence-electron chi connectivity index (χ3n) is 6.74. The Morgan fingerprint density at radius 2 is 1.91 bits per heavy atom. The van der Waals surface area contributed by atoms with Crippen LogP contribution in [0.4, 0.5) is 5.82 Å². The van der Waals surface area contributed by atoms with Crippen molar-refractivity contribution in [2.24, 2.45) is 16.1 Å². The number of morpholine rings is 1. The van der Waals surface area contributed by atoms with E-state index in [9.17, 15) is 8.42 Å². The molecule has 1 unspecified atom stereocenters. The summed E-state index contributed by atoms with van der Waals surface area (Å²) in [4.78, 5) is 15.9. The number of hydrogen-bond acceptors (Lipinski definition) is 10. The molecule has 4 aliphatic rings. The second kappa shape index (κ2) is 9.17. The summed E-state index contributed by atoms with van der Waals surface area (Å²) in [7, 11) is -3.14. The third kappa shape index (κ3) is 4.56. The maximum Gasteiger partial charge on any atom is 0.211 e. The Kier molecular flexibility index (Phi) is 6.01. The van der Waals surface area contributed by atoms with Gasteiger partial charge in [0.05, 0.1) is 41.3 Å². The molecule has 2 aromatic rings. The SMILES string of the molecule is CS(=O)(=O)N1CCN(Cc2cc3nc(C4=CC=CC5=NN=CC45)nc(N4CCOCC4)c3s2)CC1. The van der Waals surface area contributed by atoms with Gasteiger partial charge < -0.3 is 9.64 Å². The molecule has 3 aliphatic heterocycles. The van der Waals surface area contributed by atoms with Gasteiger partial charge in [0.2, 0.25) is 10.0 Å². The first-order valence-electron chi connectivity index (χ1n) is 11.8. The number of hydrogen-bond donors (Lipinski definition) is 0. The molecule has 2 aromatic heterocycles. The van der Waals surface area contributed by atoms with Gasteiger partial charge in [-0.05, 0) is 12.1 Å². The average molecular weight is 514 g/mol. The van der Waals surface area contributed by atoms with E-state index in [0.717, 1.165) is 60.0 Å². The van der Waals surface area contributed by atoms with Crippen LogP contribution in [-0.2, 0) is 21.3 Å². The zero-order valence-corrected chi connectivity index (χ0v) is 21.1. The van der Waals surface area contributed by atoms with Crippen molar-refractivity contribution in [2.75, 3.05) is 63.6 Å². The number of fused-ring (bicyclic) bond motifs is 2. The number of nitrogens with zero attached hydrogens (tertiary/aromatic N) is 7. The highest BCUT2D eigenvalue weighted by atomic mass is 32.2. The molecule has 0 N–H and O–H groups in total. The summed E-state index contributed by atoms with van der Waals surface area (Å²) >= 11 is 1.73. The molecule has 0 bridgehead atoms. The molecule has 2 fully saturated rings. The van der Waals surface area contributed by atoms with Crippen molar-refractivity contribution in [3.8, 4) is 0 Å². The first-order valence-corrected chi connectivity index (χ1v) is 14.4. The van der Waals surface area contributed by atoms with Crippen LogP contribution in [0.25, 0.3) is 15.8 Å². The summed E-state index contributed by atoms with van der Waals surface area (Å²) in [5, 5.41) is 8.34. The standard InChI is InChI=1S/C23H27N7O3S2/c1-35(31,32)30-7-5-28(6-8-30)15-16-13-20-21(34-16)23(29-9-11-33-12-10-29)26-22(25-20)17-3-2-4-19-18(17)14-24-27-19/h2-4,13-14,18H,5-12,15H2,1H3. The highest BCUT2D eigenvalue weighted by molar-refractivity contribution is 7.88. The largest absolute Gasteiger partial charge is 0.378 e. The Bertz CT molecular complexity index is 1360. The average Bonchev–Trinajstić information content (AvgIpc) is 3.50. The van der Waals surface area contributed by atoms with Crippen molar-refractivity contribution in [3.63, 3.8) is 0 Å². The van der Waals surface area contributed by atoms with Crippen LogP contribution in [-0.4, -0.2) is 98.3 Å². The number of thiophene rings is 1.